The Morgan fingerprint density at radius 1 is 0.345 bits per heavy atom. The molecular formula is C68H75N15O4. The summed E-state index contributed by atoms with van der Waals surface area (Å²) in [7, 11) is 12.1. The lowest BCUT2D eigenvalue weighted by Gasteiger charge is -2.37. The topological polar surface area (TPSA) is 206 Å². The fraction of sp³-hybridized carbons (Fsp3) is 0.338. The SMILES string of the molecule is Cn1c(CCC(CCc2nc3ccccc3n2C)(CCc2nc3ccccc3n2C)NC(=O)CN(CC(=O)O)CC(=O)NC(CCc2nc3ccccc3n2C)(CCc2nc3ccccc3n2C)CCc2nc3ccccc3n2C)nc2ccccc21. The van der Waals surface area contributed by atoms with Crippen molar-refractivity contribution in [2.24, 2.45) is 42.3 Å². The van der Waals surface area contributed by atoms with Gasteiger partial charge in [0.2, 0.25) is 11.8 Å². The maximum absolute atomic E-state index is 15.3. The van der Waals surface area contributed by atoms with Crippen molar-refractivity contribution in [3.8, 4) is 0 Å². The number of aliphatic carboxylic acids is 1. The fourth-order valence-electron chi connectivity index (χ4n) is 13.2. The highest BCUT2D eigenvalue weighted by Gasteiger charge is 2.37. The summed E-state index contributed by atoms with van der Waals surface area (Å²) in [4.78, 5) is 75.5. The summed E-state index contributed by atoms with van der Waals surface area (Å²) >= 11 is 0. The van der Waals surface area contributed by atoms with Gasteiger partial charge in [-0.05, 0) is 111 Å². The van der Waals surface area contributed by atoms with E-state index >= 15 is 9.59 Å². The third-order valence-corrected chi connectivity index (χ3v) is 18.1. The van der Waals surface area contributed by atoms with Gasteiger partial charge in [-0.1, -0.05) is 72.8 Å². The Hall–Kier alpha value is -9.49. The summed E-state index contributed by atoms with van der Waals surface area (Å²) in [5.74, 6) is 3.26. The number of carbonyl (C=O) groups is 3. The normalized spacial score (nSPS) is 12.3. The van der Waals surface area contributed by atoms with Crippen molar-refractivity contribution in [3.63, 3.8) is 0 Å². The van der Waals surface area contributed by atoms with E-state index in [1.54, 1.807) is 0 Å². The highest BCUT2D eigenvalue weighted by molar-refractivity contribution is 5.84. The van der Waals surface area contributed by atoms with E-state index in [0.29, 0.717) is 77.0 Å². The number of nitrogens with zero attached hydrogens (tertiary/aromatic N) is 13. The molecule has 0 unspecified atom stereocenters. The highest BCUT2D eigenvalue weighted by Crippen LogP contribution is 2.32. The van der Waals surface area contributed by atoms with Crippen LogP contribution in [0.1, 0.15) is 73.5 Å². The molecule has 6 aromatic carbocycles. The number of rotatable bonds is 26. The molecule has 0 aliphatic heterocycles. The van der Waals surface area contributed by atoms with Gasteiger partial charge >= 0.3 is 5.97 Å². The largest absolute Gasteiger partial charge is 0.480 e. The molecule has 12 aromatic rings. The van der Waals surface area contributed by atoms with E-state index in [2.05, 4.69) is 74.4 Å². The van der Waals surface area contributed by atoms with Gasteiger partial charge in [-0.15, -0.1) is 0 Å². The Morgan fingerprint density at radius 3 is 0.724 bits per heavy atom. The number of hydrogen-bond donors (Lipinski definition) is 3. The van der Waals surface area contributed by atoms with Crippen LogP contribution in [-0.4, -0.2) is 116 Å². The molecule has 0 saturated carbocycles. The van der Waals surface area contributed by atoms with Crippen molar-refractivity contribution in [3.05, 3.63) is 181 Å². The van der Waals surface area contributed by atoms with Crippen molar-refractivity contribution in [2.75, 3.05) is 19.6 Å². The number of para-hydroxylation sites is 12. The van der Waals surface area contributed by atoms with E-state index in [4.69, 9.17) is 29.9 Å². The number of aryl methyl sites for hydroxylation is 12. The number of nitrogens with one attached hydrogen (secondary N) is 2. The van der Waals surface area contributed by atoms with Crippen LogP contribution in [0.15, 0.2) is 146 Å². The molecule has 6 aromatic heterocycles. The first-order valence-electron chi connectivity index (χ1n) is 30.1. The van der Waals surface area contributed by atoms with Gasteiger partial charge in [-0.2, -0.15) is 0 Å². The lowest BCUT2D eigenvalue weighted by atomic mass is 9.83. The first-order chi connectivity index (χ1) is 42.1. The summed E-state index contributed by atoms with van der Waals surface area (Å²) in [5, 5.41) is 17.7. The van der Waals surface area contributed by atoms with Crippen LogP contribution < -0.4 is 10.6 Å². The maximum atomic E-state index is 15.3. The number of carboxylic acids is 1. The van der Waals surface area contributed by atoms with Crippen LogP contribution in [0.25, 0.3) is 66.2 Å². The lowest BCUT2D eigenvalue weighted by molar-refractivity contribution is -0.139. The Bertz CT molecular complexity index is 3820. The van der Waals surface area contributed by atoms with Gasteiger partial charge in [-0.3, -0.25) is 19.3 Å². The monoisotopic (exact) mass is 1170 g/mol. The molecule has 0 fully saturated rings. The van der Waals surface area contributed by atoms with Gasteiger partial charge in [0.1, 0.15) is 34.9 Å². The van der Waals surface area contributed by atoms with E-state index in [1.807, 2.05) is 151 Å². The number of carboxylic acid groups (broad SMARTS) is 1. The van der Waals surface area contributed by atoms with Crippen molar-refractivity contribution in [1.29, 1.82) is 0 Å². The van der Waals surface area contributed by atoms with E-state index in [-0.39, 0.29) is 13.1 Å². The van der Waals surface area contributed by atoms with E-state index < -0.39 is 35.4 Å². The van der Waals surface area contributed by atoms with Crippen LogP contribution in [0.2, 0.25) is 0 Å². The van der Waals surface area contributed by atoms with Gasteiger partial charge in [0.15, 0.2) is 0 Å². The fourth-order valence-corrected chi connectivity index (χ4v) is 13.2. The van der Waals surface area contributed by atoms with Crippen LogP contribution in [-0.2, 0) is 95.2 Å². The van der Waals surface area contributed by atoms with E-state index in [1.165, 1.54) is 4.90 Å². The average molecular weight is 1170 g/mol. The molecule has 19 heteroatoms. The summed E-state index contributed by atoms with van der Waals surface area (Å²) < 4.78 is 12.7. The molecule has 0 aliphatic carbocycles. The zero-order valence-corrected chi connectivity index (χ0v) is 50.4. The van der Waals surface area contributed by atoms with E-state index in [9.17, 15) is 9.90 Å². The molecule has 0 saturated heterocycles. The quantitative estimate of drug-likeness (QED) is 0.0466. The predicted molar refractivity (Wildman–Crippen MR) is 340 cm³/mol. The molecule has 0 radical (unpaired) electrons. The van der Waals surface area contributed by atoms with Crippen molar-refractivity contribution in [1.82, 2.24) is 72.8 Å². The Kier molecular flexibility index (Phi) is 16.3. The molecule has 446 valence electrons. The first kappa shape index (κ1) is 57.9. The Labute approximate surface area is 504 Å². The molecule has 0 atom stereocenters. The minimum Gasteiger partial charge on any atom is -0.480 e. The molecule has 0 spiro atoms. The van der Waals surface area contributed by atoms with Gasteiger partial charge < -0.3 is 43.1 Å². The summed E-state index contributed by atoms with van der Waals surface area (Å²) in [5.41, 5.74) is 9.58. The summed E-state index contributed by atoms with van der Waals surface area (Å²) in [6.45, 7) is -1.28. The summed E-state index contributed by atoms with van der Waals surface area (Å²) in [6, 6.07) is 48.3. The van der Waals surface area contributed by atoms with Crippen molar-refractivity contribution < 1.29 is 19.5 Å². The first-order valence-corrected chi connectivity index (χ1v) is 30.1. The highest BCUT2D eigenvalue weighted by atomic mass is 16.4. The number of fused-ring (bicyclic) bond motifs is 6. The number of amides is 2. The number of aromatic nitrogens is 12. The average Bonchev–Trinajstić information content (AvgIpc) is 3.19. The lowest BCUT2D eigenvalue weighted by Crippen LogP contribution is -2.55. The zero-order valence-electron chi connectivity index (χ0n) is 50.4. The van der Waals surface area contributed by atoms with Crippen LogP contribution in [0.4, 0.5) is 0 Å². The van der Waals surface area contributed by atoms with Crippen LogP contribution in [0, 0.1) is 0 Å². The maximum Gasteiger partial charge on any atom is 0.317 e. The van der Waals surface area contributed by atoms with Crippen molar-refractivity contribution >= 4 is 84.0 Å². The zero-order chi connectivity index (χ0) is 60.4. The second-order valence-corrected chi connectivity index (χ2v) is 23.7. The minimum absolute atomic E-state index is 0.362. The van der Waals surface area contributed by atoms with Crippen LogP contribution in [0.3, 0.4) is 0 Å². The number of carbonyl (C=O) groups excluding carboxylic acids is 2. The molecule has 87 heavy (non-hydrogen) atoms. The number of hydrogen-bond acceptors (Lipinski definition) is 10. The summed E-state index contributed by atoms with van der Waals surface area (Å²) in [6.07, 6.45) is 6.11. The third-order valence-electron chi connectivity index (χ3n) is 18.1. The Morgan fingerprint density at radius 2 is 0.540 bits per heavy atom. The molecule has 0 bridgehead atoms. The smallest absolute Gasteiger partial charge is 0.317 e. The molecule has 0 aliphatic rings. The molecule has 19 nitrogen and oxygen atoms in total. The molecule has 12 rings (SSSR count). The van der Waals surface area contributed by atoms with Crippen LogP contribution in [0.5, 0.6) is 0 Å². The molecule has 3 N–H and O–H groups in total. The predicted octanol–water partition coefficient (Wildman–Crippen LogP) is 9.20. The number of imidazole rings is 6. The van der Waals surface area contributed by atoms with Gasteiger partial charge in [0.25, 0.3) is 0 Å². The van der Waals surface area contributed by atoms with Gasteiger partial charge in [0.05, 0.1) is 85.8 Å². The second kappa shape index (κ2) is 24.5. The molecule has 6 heterocycles. The van der Waals surface area contributed by atoms with Gasteiger partial charge in [0, 0.05) is 91.9 Å². The standard InChI is InChI=1S/C68H75N15O4/c1-77-52-25-13-7-19-46(52)69-58(77)31-37-67(38-32-59-70-47-20-8-14-26-53(47)78(59)2,39-33-60-71-48-21-9-15-27-54(48)79(60)3)75-64(84)43-83(45-66(86)87)44-65(85)76-68(40-34-61-72-49-22-10-16-28-55(49)80(61)4,41-35-62-73-50-23-11-17-29-56(50)81(62)5)42-36-63-74-51-24-12-18-30-57(51)82(63)6/h7-30H,31-45H2,1-6H3,(H,75,84)(H,76,85)(H,86,87). The number of benzene rings is 6. The molecule has 2 amide bonds. The Balaban J connectivity index is 0.871. The van der Waals surface area contributed by atoms with Gasteiger partial charge in [-0.25, -0.2) is 29.9 Å². The third kappa shape index (κ3) is 12.2. The van der Waals surface area contributed by atoms with Crippen LogP contribution >= 0.6 is 0 Å². The second-order valence-electron chi connectivity index (χ2n) is 23.7. The minimum atomic E-state index is -1.16. The van der Waals surface area contributed by atoms with Crippen molar-refractivity contribution in [2.45, 2.75) is 88.1 Å². The van der Waals surface area contributed by atoms with E-state index in [0.717, 1.165) is 101 Å². The molecular weight excluding hydrogens is 1090 g/mol.